The normalized spacial score (nSPS) is 10.5. The Morgan fingerprint density at radius 1 is 1.04 bits per heavy atom. The number of nitrogens with one attached hydrogen (secondary N) is 1. The molecule has 23 heavy (non-hydrogen) atoms. The van der Waals surface area contributed by atoms with E-state index in [0.717, 1.165) is 26.1 Å². The number of benzene rings is 1. The van der Waals surface area contributed by atoms with Crippen molar-refractivity contribution in [1.82, 2.24) is 10.2 Å². The summed E-state index contributed by atoms with van der Waals surface area (Å²) in [4.78, 5) is 14.6. The highest BCUT2D eigenvalue weighted by molar-refractivity contribution is 5.95. The van der Waals surface area contributed by atoms with Crippen LogP contribution in [0, 0.1) is 0 Å². The quantitative estimate of drug-likeness (QED) is 0.669. The molecule has 1 rings (SSSR count). The Balaban J connectivity index is 2.69. The van der Waals surface area contributed by atoms with E-state index >= 15 is 0 Å². The molecule has 1 N–H and O–H groups in total. The summed E-state index contributed by atoms with van der Waals surface area (Å²) in [6.45, 7) is 7.93. The lowest BCUT2D eigenvalue weighted by molar-refractivity contribution is 0.0951. The van der Waals surface area contributed by atoms with Gasteiger partial charge in [0, 0.05) is 12.1 Å². The SMILES string of the molecule is CCN(CC)CCCNC(=O)c1cc(OC)c(OC)c(OC)c1. The molecule has 130 valence electrons. The van der Waals surface area contributed by atoms with Crippen molar-refractivity contribution in [2.45, 2.75) is 20.3 Å². The maximum atomic E-state index is 12.3. The third-order valence-electron chi connectivity index (χ3n) is 3.76. The Labute approximate surface area is 138 Å². The number of hydrogen-bond donors (Lipinski definition) is 1. The number of nitrogens with zero attached hydrogens (tertiary/aromatic N) is 1. The Kier molecular flexibility index (Phi) is 8.26. The zero-order valence-electron chi connectivity index (χ0n) is 14.8. The van der Waals surface area contributed by atoms with Crippen LogP contribution < -0.4 is 19.5 Å². The van der Waals surface area contributed by atoms with Gasteiger partial charge in [-0.2, -0.15) is 0 Å². The van der Waals surface area contributed by atoms with E-state index in [2.05, 4.69) is 24.1 Å². The predicted octanol–water partition coefficient (Wildman–Crippen LogP) is 2.17. The van der Waals surface area contributed by atoms with E-state index < -0.39 is 0 Å². The molecule has 0 unspecified atom stereocenters. The van der Waals surface area contributed by atoms with Crippen molar-refractivity contribution >= 4 is 5.91 Å². The Bertz CT molecular complexity index is 476. The second-order valence-electron chi connectivity index (χ2n) is 5.05. The van der Waals surface area contributed by atoms with Crippen molar-refractivity contribution in [2.75, 3.05) is 47.5 Å². The van der Waals surface area contributed by atoms with Crippen LogP contribution in [-0.4, -0.2) is 58.3 Å². The third kappa shape index (κ3) is 5.32. The molecule has 0 aliphatic carbocycles. The highest BCUT2D eigenvalue weighted by atomic mass is 16.5. The van der Waals surface area contributed by atoms with Gasteiger partial charge in [-0.05, 0) is 38.2 Å². The number of methoxy groups -OCH3 is 3. The van der Waals surface area contributed by atoms with E-state index in [0.29, 0.717) is 29.4 Å². The molecule has 1 amide bonds. The summed E-state index contributed by atoms with van der Waals surface area (Å²) in [5.74, 6) is 1.28. The first kappa shape index (κ1) is 19.1. The summed E-state index contributed by atoms with van der Waals surface area (Å²) in [6, 6.07) is 3.31. The molecule has 1 aromatic rings. The molecule has 0 spiro atoms. The van der Waals surface area contributed by atoms with E-state index in [1.54, 1.807) is 12.1 Å². The summed E-state index contributed by atoms with van der Waals surface area (Å²) in [7, 11) is 4.60. The molecular formula is C17H28N2O4. The van der Waals surface area contributed by atoms with Gasteiger partial charge < -0.3 is 24.4 Å². The number of carbonyl (C=O) groups is 1. The van der Waals surface area contributed by atoms with Crippen molar-refractivity contribution in [3.63, 3.8) is 0 Å². The Morgan fingerprint density at radius 3 is 2.04 bits per heavy atom. The molecule has 0 aliphatic heterocycles. The van der Waals surface area contributed by atoms with E-state index in [9.17, 15) is 4.79 Å². The van der Waals surface area contributed by atoms with Crippen LogP contribution in [0.5, 0.6) is 17.2 Å². The van der Waals surface area contributed by atoms with E-state index in [4.69, 9.17) is 14.2 Å². The smallest absolute Gasteiger partial charge is 0.251 e. The highest BCUT2D eigenvalue weighted by Gasteiger charge is 2.16. The lowest BCUT2D eigenvalue weighted by Gasteiger charge is -2.18. The van der Waals surface area contributed by atoms with Crippen LogP contribution in [-0.2, 0) is 0 Å². The number of carbonyl (C=O) groups excluding carboxylic acids is 1. The monoisotopic (exact) mass is 324 g/mol. The van der Waals surface area contributed by atoms with Gasteiger partial charge in [-0.1, -0.05) is 13.8 Å². The fourth-order valence-corrected chi connectivity index (χ4v) is 2.36. The first-order valence-corrected chi connectivity index (χ1v) is 7.91. The van der Waals surface area contributed by atoms with Crippen molar-refractivity contribution in [1.29, 1.82) is 0 Å². The summed E-state index contributed by atoms with van der Waals surface area (Å²) >= 11 is 0. The fourth-order valence-electron chi connectivity index (χ4n) is 2.36. The zero-order chi connectivity index (χ0) is 17.2. The van der Waals surface area contributed by atoms with Crippen LogP contribution in [0.25, 0.3) is 0 Å². The zero-order valence-corrected chi connectivity index (χ0v) is 14.8. The molecule has 0 saturated heterocycles. The van der Waals surface area contributed by atoms with Gasteiger partial charge in [-0.15, -0.1) is 0 Å². The molecule has 0 saturated carbocycles. The first-order valence-electron chi connectivity index (χ1n) is 7.91. The molecule has 6 nitrogen and oxygen atoms in total. The van der Waals surface area contributed by atoms with Gasteiger partial charge >= 0.3 is 0 Å². The van der Waals surface area contributed by atoms with Crippen LogP contribution in [0.3, 0.4) is 0 Å². The van der Waals surface area contributed by atoms with E-state index in [1.165, 1.54) is 21.3 Å². The summed E-state index contributed by atoms with van der Waals surface area (Å²) in [6.07, 6.45) is 0.915. The van der Waals surface area contributed by atoms with Crippen molar-refractivity contribution < 1.29 is 19.0 Å². The second-order valence-corrected chi connectivity index (χ2v) is 5.05. The summed E-state index contributed by atoms with van der Waals surface area (Å²) in [5.41, 5.74) is 0.488. The van der Waals surface area contributed by atoms with Crippen molar-refractivity contribution in [2.24, 2.45) is 0 Å². The lowest BCUT2D eigenvalue weighted by atomic mass is 10.1. The van der Waals surface area contributed by atoms with Gasteiger partial charge in [0.2, 0.25) is 5.75 Å². The van der Waals surface area contributed by atoms with Crippen molar-refractivity contribution in [3.05, 3.63) is 17.7 Å². The Morgan fingerprint density at radius 2 is 1.61 bits per heavy atom. The maximum Gasteiger partial charge on any atom is 0.251 e. The molecule has 0 atom stereocenters. The molecule has 0 heterocycles. The lowest BCUT2D eigenvalue weighted by Crippen LogP contribution is -2.29. The van der Waals surface area contributed by atoms with Crippen LogP contribution in [0.4, 0.5) is 0 Å². The van der Waals surface area contributed by atoms with Gasteiger partial charge in [0.25, 0.3) is 5.91 Å². The van der Waals surface area contributed by atoms with Gasteiger partial charge in [0.15, 0.2) is 11.5 Å². The second kappa shape index (κ2) is 9.94. The summed E-state index contributed by atoms with van der Waals surface area (Å²) < 4.78 is 15.8. The van der Waals surface area contributed by atoms with Gasteiger partial charge in [-0.25, -0.2) is 0 Å². The molecule has 0 fully saturated rings. The summed E-state index contributed by atoms with van der Waals surface area (Å²) in [5, 5.41) is 2.93. The number of ether oxygens (including phenoxy) is 3. The first-order chi connectivity index (χ1) is 11.1. The molecule has 1 aromatic carbocycles. The van der Waals surface area contributed by atoms with E-state index in [1.807, 2.05) is 0 Å². The number of rotatable bonds is 10. The number of amides is 1. The molecule has 0 aliphatic rings. The predicted molar refractivity (Wildman–Crippen MR) is 90.8 cm³/mol. The minimum Gasteiger partial charge on any atom is -0.493 e. The standard InChI is InChI=1S/C17H28N2O4/c1-6-19(7-2)10-8-9-18-17(20)13-11-14(21-3)16(23-5)15(12-13)22-4/h11-12H,6-10H2,1-5H3,(H,18,20). The number of hydrogen-bond acceptors (Lipinski definition) is 5. The van der Waals surface area contributed by atoms with Gasteiger partial charge in [0.05, 0.1) is 21.3 Å². The van der Waals surface area contributed by atoms with Crippen LogP contribution in [0.1, 0.15) is 30.6 Å². The fraction of sp³-hybridized carbons (Fsp3) is 0.588. The largest absolute Gasteiger partial charge is 0.493 e. The maximum absolute atomic E-state index is 12.3. The minimum atomic E-state index is -0.149. The van der Waals surface area contributed by atoms with Crippen LogP contribution >= 0.6 is 0 Å². The molecule has 0 bridgehead atoms. The highest BCUT2D eigenvalue weighted by Crippen LogP contribution is 2.38. The molecular weight excluding hydrogens is 296 g/mol. The Hall–Kier alpha value is -1.95. The topological polar surface area (TPSA) is 60.0 Å². The molecule has 0 radical (unpaired) electrons. The van der Waals surface area contributed by atoms with Crippen LogP contribution in [0.2, 0.25) is 0 Å². The van der Waals surface area contributed by atoms with E-state index in [-0.39, 0.29) is 5.91 Å². The average molecular weight is 324 g/mol. The van der Waals surface area contributed by atoms with Crippen molar-refractivity contribution in [3.8, 4) is 17.2 Å². The molecule has 6 heteroatoms. The average Bonchev–Trinajstić information content (AvgIpc) is 2.60. The molecule has 0 aromatic heterocycles. The third-order valence-corrected chi connectivity index (χ3v) is 3.76. The van der Waals surface area contributed by atoms with Crippen LogP contribution in [0.15, 0.2) is 12.1 Å². The minimum absolute atomic E-state index is 0.149. The van der Waals surface area contributed by atoms with Gasteiger partial charge in [0.1, 0.15) is 0 Å². The van der Waals surface area contributed by atoms with Gasteiger partial charge in [-0.3, -0.25) is 4.79 Å².